The lowest BCUT2D eigenvalue weighted by molar-refractivity contribution is 0.0949. The lowest BCUT2D eigenvalue weighted by Gasteiger charge is -2.37. The van der Waals surface area contributed by atoms with E-state index in [4.69, 9.17) is 11.6 Å². The molecule has 1 saturated carbocycles. The van der Waals surface area contributed by atoms with Gasteiger partial charge in [0.15, 0.2) is 5.82 Å². The first-order chi connectivity index (χ1) is 18.9. The second kappa shape index (κ2) is 14.0. The number of benzene rings is 2. The summed E-state index contributed by atoms with van der Waals surface area (Å²) in [6.07, 6.45) is 7.00. The largest absolute Gasteiger partial charge is 0.507 e. The summed E-state index contributed by atoms with van der Waals surface area (Å²) in [6.45, 7) is 4.52. The van der Waals surface area contributed by atoms with Crippen molar-refractivity contribution in [3.63, 3.8) is 0 Å². The molecule has 0 radical (unpaired) electrons. The fourth-order valence-electron chi connectivity index (χ4n) is 5.91. The Bertz CT molecular complexity index is 1160. The molecule has 1 amide bonds. The Kier molecular flexibility index (Phi) is 10.4. The van der Waals surface area contributed by atoms with Crippen LogP contribution in [0.25, 0.3) is 0 Å². The summed E-state index contributed by atoms with van der Waals surface area (Å²) in [6, 6.07) is 11.7. The van der Waals surface area contributed by atoms with Gasteiger partial charge in [0.05, 0.1) is 17.3 Å². The maximum atomic E-state index is 14.4. The second-order valence-electron chi connectivity index (χ2n) is 10.7. The molecule has 2 aromatic rings. The number of carbonyl (C=O) groups is 1. The molecular formula is C30H37ClF2N4O2. The number of phenols is 1. The number of hydrogen-bond donors (Lipinski definition) is 2. The summed E-state index contributed by atoms with van der Waals surface area (Å²) >= 11 is 5.75. The standard InChI is InChI=1S/C30H37ClF2N4O2/c31-28-25(32)11-12-26(29(28)33)37-18-16-36(17-19-37)15-13-21-7-9-22(10-8-21)23(20-34)4-3-14-35-30(39)24-5-1-2-6-27(24)38/h1-2,5-6,11-12,21-23,38H,3-4,7-10,13-19H2,(H,35,39). The molecule has 1 atom stereocenters. The number of aromatic hydroxyl groups is 1. The van der Waals surface area contributed by atoms with Gasteiger partial charge in [-0.25, -0.2) is 8.78 Å². The maximum absolute atomic E-state index is 14.4. The van der Waals surface area contributed by atoms with Crippen molar-refractivity contribution in [2.45, 2.75) is 44.9 Å². The minimum atomic E-state index is -0.735. The molecule has 9 heteroatoms. The molecule has 1 saturated heterocycles. The molecule has 1 heterocycles. The third-order valence-electron chi connectivity index (χ3n) is 8.33. The summed E-state index contributed by atoms with van der Waals surface area (Å²) in [5.74, 6) is -0.686. The molecule has 2 N–H and O–H groups in total. The highest BCUT2D eigenvalue weighted by Crippen LogP contribution is 2.36. The molecule has 210 valence electrons. The van der Waals surface area contributed by atoms with Crippen LogP contribution in [0.5, 0.6) is 5.75 Å². The molecule has 0 bridgehead atoms. The number of piperazine rings is 1. The van der Waals surface area contributed by atoms with Crippen LogP contribution in [0.4, 0.5) is 14.5 Å². The SMILES string of the molecule is N#CC(CCCNC(=O)c1ccccc1O)C1CCC(CCN2CCN(c3ccc(F)c(Cl)c3F)CC2)CC1. The third-order valence-corrected chi connectivity index (χ3v) is 8.68. The Morgan fingerprint density at radius 1 is 1.10 bits per heavy atom. The third kappa shape index (κ3) is 7.61. The monoisotopic (exact) mass is 558 g/mol. The maximum Gasteiger partial charge on any atom is 0.255 e. The van der Waals surface area contributed by atoms with E-state index < -0.39 is 16.7 Å². The van der Waals surface area contributed by atoms with E-state index in [1.807, 2.05) is 4.90 Å². The molecule has 2 aliphatic rings. The van der Waals surface area contributed by atoms with Crippen LogP contribution in [0.15, 0.2) is 36.4 Å². The molecule has 6 nitrogen and oxygen atoms in total. The van der Waals surface area contributed by atoms with Crippen molar-refractivity contribution < 1.29 is 18.7 Å². The molecule has 1 aliphatic heterocycles. The van der Waals surface area contributed by atoms with Gasteiger partial charge in [-0.15, -0.1) is 0 Å². The normalized spacial score (nSPS) is 20.8. The molecule has 1 unspecified atom stereocenters. The number of nitriles is 1. The van der Waals surface area contributed by atoms with Crippen molar-refractivity contribution in [2.75, 3.05) is 44.2 Å². The van der Waals surface area contributed by atoms with Crippen LogP contribution in [-0.4, -0.2) is 55.2 Å². The fourth-order valence-corrected chi connectivity index (χ4v) is 6.07. The number of amides is 1. The Balaban J connectivity index is 1.12. The van der Waals surface area contributed by atoms with Crippen molar-refractivity contribution >= 4 is 23.2 Å². The van der Waals surface area contributed by atoms with Crippen LogP contribution in [0, 0.1) is 40.7 Å². The van der Waals surface area contributed by atoms with Gasteiger partial charge in [0, 0.05) is 38.6 Å². The average molecular weight is 559 g/mol. The van der Waals surface area contributed by atoms with Crippen LogP contribution in [-0.2, 0) is 0 Å². The Morgan fingerprint density at radius 2 is 1.82 bits per heavy atom. The van der Waals surface area contributed by atoms with E-state index in [0.29, 0.717) is 37.2 Å². The number of anilines is 1. The molecule has 0 spiro atoms. The molecule has 0 aromatic heterocycles. The van der Waals surface area contributed by atoms with Gasteiger partial charge >= 0.3 is 0 Å². The van der Waals surface area contributed by atoms with Crippen molar-refractivity contribution in [1.82, 2.24) is 10.2 Å². The van der Waals surface area contributed by atoms with E-state index in [9.17, 15) is 23.9 Å². The Hall–Kier alpha value is -2.89. The zero-order chi connectivity index (χ0) is 27.8. The van der Waals surface area contributed by atoms with Crippen molar-refractivity contribution in [3.05, 3.63) is 58.6 Å². The summed E-state index contributed by atoms with van der Waals surface area (Å²) in [7, 11) is 0. The van der Waals surface area contributed by atoms with Crippen molar-refractivity contribution in [1.29, 1.82) is 5.26 Å². The first-order valence-electron chi connectivity index (χ1n) is 13.9. The van der Waals surface area contributed by atoms with Crippen LogP contribution in [0.2, 0.25) is 5.02 Å². The molecule has 4 rings (SSSR count). The lowest BCUT2D eigenvalue weighted by atomic mass is 9.74. The highest BCUT2D eigenvalue weighted by Gasteiger charge is 2.28. The minimum Gasteiger partial charge on any atom is -0.507 e. The van der Waals surface area contributed by atoms with E-state index in [-0.39, 0.29) is 23.1 Å². The number of nitrogens with one attached hydrogen (secondary N) is 1. The van der Waals surface area contributed by atoms with Crippen molar-refractivity contribution in [3.8, 4) is 11.8 Å². The second-order valence-corrected chi connectivity index (χ2v) is 11.1. The zero-order valence-corrected chi connectivity index (χ0v) is 23.0. The van der Waals surface area contributed by atoms with Crippen LogP contribution in [0.3, 0.4) is 0 Å². The van der Waals surface area contributed by atoms with E-state index in [1.54, 1.807) is 18.2 Å². The van der Waals surface area contributed by atoms with Crippen LogP contribution >= 0.6 is 11.6 Å². The molecule has 2 aromatic carbocycles. The Morgan fingerprint density at radius 3 is 2.51 bits per heavy atom. The predicted molar refractivity (Wildman–Crippen MR) is 149 cm³/mol. The number of carbonyl (C=O) groups excluding carboxylic acids is 1. The molecular weight excluding hydrogens is 522 g/mol. The van der Waals surface area contributed by atoms with Gasteiger partial charge in [-0.3, -0.25) is 9.69 Å². The summed E-state index contributed by atoms with van der Waals surface area (Å²) in [5.41, 5.74) is 0.630. The van der Waals surface area contributed by atoms with Gasteiger partial charge in [0.2, 0.25) is 0 Å². The van der Waals surface area contributed by atoms with Gasteiger partial charge < -0.3 is 15.3 Å². The van der Waals surface area contributed by atoms with Crippen LogP contribution < -0.4 is 10.2 Å². The van der Waals surface area contributed by atoms with Gasteiger partial charge in [0.25, 0.3) is 5.91 Å². The van der Waals surface area contributed by atoms with Crippen LogP contribution in [0.1, 0.15) is 55.3 Å². The summed E-state index contributed by atoms with van der Waals surface area (Å²) < 4.78 is 27.9. The molecule has 39 heavy (non-hydrogen) atoms. The number of halogens is 3. The van der Waals surface area contributed by atoms with Gasteiger partial charge in [-0.05, 0) is 74.8 Å². The number of hydrogen-bond acceptors (Lipinski definition) is 5. The van der Waals surface area contributed by atoms with Gasteiger partial charge in [-0.1, -0.05) is 36.6 Å². The first-order valence-corrected chi connectivity index (χ1v) is 14.3. The van der Waals surface area contributed by atoms with E-state index in [2.05, 4.69) is 16.3 Å². The highest BCUT2D eigenvalue weighted by molar-refractivity contribution is 6.31. The number of para-hydroxylation sites is 1. The van der Waals surface area contributed by atoms with E-state index >= 15 is 0 Å². The van der Waals surface area contributed by atoms with Gasteiger partial charge in [0.1, 0.15) is 16.6 Å². The summed E-state index contributed by atoms with van der Waals surface area (Å²) in [4.78, 5) is 16.6. The average Bonchev–Trinajstić information content (AvgIpc) is 2.96. The molecule has 2 fully saturated rings. The first kappa shape index (κ1) is 29.1. The highest BCUT2D eigenvalue weighted by atomic mass is 35.5. The summed E-state index contributed by atoms with van der Waals surface area (Å²) in [5, 5.41) is 22.0. The minimum absolute atomic E-state index is 0.00131. The quantitative estimate of drug-likeness (QED) is 0.276. The predicted octanol–water partition coefficient (Wildman–Crippen LogP) is 5.99. The molecule has 1 aliphatic carbocycles. The smallest absolute Gasteiger partial charge is 0.255 e. The zero-order valence-electron chi connectivity index (χ0n) is 22.2. The number of nitrogens with zero attached hydrogens (tertiary/aromatic N) is 3. The Labute approximate surface area is 234 Å². The van der Waals surface area contributed by atoms with E-state index in [0.717, 1.165) is 64.6 Å². The lowest BCUT2D eigenvalue weighted by Crippen LogP contribution is -2.47. The van der Waals surface area contributed by atoms with E-state index in [1.165, 1.54) is 18.2 Å². The van der Waals surface area contributed by atoms with Gasteiger partial charge in [-0.2, -0.15) is 5.26 Å². The topological polar surface area (TPSA) is 79.6 Å². The number of rotatable bonds is 10. The number of phenolic OH excluding ortho intramolecular Hbond substituents is 1. The van der Waals surface area contributed by atoms with Crippen molar-refractivity contribution in [2.24, 2.45) is 17.8 Å². The fraction of sp³-hybridized carbons (Fsp3) is 0.533.